The lowest BCUT2D eigenvalue weighted by Crippen LogP contribution is -2.43. The molecule has 0 radical (unpaired) electrons. The summed E-state index contributed by atoms with van der Waals surface area (Å²) in [6.07, 6.45) is 0.986. The molecule has 0 spiro atoms. The first-order valence-electron chi connectivity index (χ1n) is 7.59. The van der Waals surface area contributed by atoms with E-state index in [2.05, 4.69) is 33.0 Å². The van der Waals surface area contributed by atoms with Crippen molar-refractivity contribution in [1.29, 1.82) is 0 Å². The van der Waals surface area contributed by atoms with Crippen molar-refractivity contribution in [2.24, 2.45) is 0 Å². The van der Waals surface area contributed by atoms with E-state index in [0.717, 1.165) is 24.3 Å². The molecule has 1 aromatic rings. The standard InChI is InChI=1S/C17H27NO3/c1-16(2)11-15(17(3,4)21-16)18-12-13-7-5-6-8-14(13)20-10-9-19/h5-8,15,18-19H,9-12H2,1-4H3/t15-/m1/s1. The number of rotatable bonds is 6. The van der Waals surface area contributed by atoms with Crippen LogP contribution in [0.1, 0.15) is 39.7 Å². The van der Waals surface area contributed by atoms with E-state index in [9.17, 15) is 0 Å². The summed E-state index contributed by atoms with van der Waals surface area (Å²) >= 11 is 0. The molecular formula is C17H27NO3. The molecule has 0 unspecified atom stereocenters. The molecule has 1 aliphatic rings. The van der Waals surface area contributed by atoms with Gasteiger partial charge in [-0.15, -0.1) is 0 Å². The molecule has 0 saturated carbocycles. The Hall–Kier alpha value is -1.10. The lowest BCUT2D eigenvalue weighted by Gasteiger charge is -2.28. The second-order valence-corrected chi connectivity index (χ2v) is 6.78. The topological polar surface area (TPSA) is 50.7 Å². The van der Waals surface area contributed by atoms with E-state index >= 15 is 0 Å². The van der Waals surface area contributed by atoms with Gasteiger partial charge in [-0.05, 0) is 40.2 Å². The molecule has 1 aliphatic heterocycles. The molecule has 4 heteroatoms. The predicted octanol–water partition coefficient (Wildman–Crippen LogP) is 2.49. The minimum absolute atomic E-state index is 0.0272. The summed E-state index contributed by atoms with van der Waals surface area (Å²) in [5.74, 6) is 0.829. The number of hydrogen-bond acceptors (Lipinski definition) is 4. The molecule has 1 fully saturated rings. The highest BCUT2D eigenvalue weighted by molar-refractivity contribution is 5.33. The van der Waals surface area contributed by atoms with E-state index in [1.54, 1.807) is 0 Å². The molecule has 2 N–H and O–H groups in total. The summed E-state index contributed by atoms with van der Waals surface area (Å²) in [6.45, 7) is 9.61. The Kier molecular flexibility index (Phi) is 4.91. The maximum atomic E-state index is 8.89. The number of hydrogen-bond donors (Lipinski definition) is 2. The zero-order valence-corrected chi connectivity index (χ0v) is 13.5. The molecule has 1 heterocycles. The highest BCUT2D eigenvalue weighted by Crippen LogP contribution is 2.37. The van der Waals surface area contributed by atoms with Crippen LogP contribution in [0.25, 0.3) is 0 Å². The van der Waals surface area contributed by atoms with Gasteiger partial charge in [0, 0.05) is 18.2 Å². The third-order valence-electron chi connectivity index (χ3n) is 3.93. The second-order valence-electron chi connectivity index (χ2n) is 6.78. The smallest absolute Gasteiger partial charge is 0.123 e. The van der Waals surface area contributed by atoms with Crippen LogP contribution in [0.15, 0.2) is 24.3 Å². The van der Waals surface area contributed by atoms with Gasteiger partial charge in [0.1, 0.15) is 12.4 Å². The monoisotopic (exact) mass is 293 g/mol. The van der Waals surface area contributed by atoms with Gasteiger partial charge in [0.15, 0.2) is 0 Å². The first kappa shape index (κ1) is 16.3. The number of para-hydroxylation sites is 1. The van der Waals surface area contributed by atoms with Crippen LogP contribution >= 0.6 is 0 Å². The Balaban J connectivity index is 2.00. The summed E-state index contributed by atoms with van der Waals surface area (Å²) < 4.78 is 11.7. The molecule has 118 valence electrons. The zero-order valence-electron chi connectivity index (χ0n) is 13.5. The van der Waals surface area contributed by atoms with Gasteiger partial charge in [-0.1, -0.05) is 18.2 Å². The van der Waals surface area contributed by atoms with Gasteiger partial charge in [-0.2, -0.15) is 0 Å². The van der Waals surface area contributed by atoms with Crippen LogP contribution in [-0.2, 0) is 11.3 Å². The van der Waals surface area contributed by atoms with Gasteiger partial charge in [-0.3, -0.25) is 0 Å². The molecule has 0 aromatic heterocycles. The van der Waals surface area contributed by atoms with Crippen LogP contribution in [0.2, 0.25) is 0 Å². The van der Waals surface area contributed by atoms with E-state index in [1.807, 2.05) is 24.3 Å². The minimum Gasteiger partial charge on any atom is -0.491 e. The summed E-state index contributed by atoms with van der Waals surface area (Å²) in [4.78, 5) is 0. The molecule has 4 nitrogen and oxygen atoms in total. The van der Waals surface area contributed by atoms with Crippen LogP contribution in [-0.4, -0.2) is 35.6 Å². The van der Waals surface area contributed by atoms with Crippen LogP contribution in [0, 0.1) is 0 Å². The van der Waals surface area contributed by atoms with E-state index in [0.29, 0.717) is 12.6 Å². The van der Waals surface area contributed by atoms with Gasteiger partial charge >= 0.3 is 0 Å². The molecule has 21 heavy (non-hydrogen) atoms. The van der Waals surface area contributed by atoms with Crippen LogP contribution in [0.3, 0.4) is 0 Å². The van der Waals surface area contributed by atoms with Crippen molar-refractivity contribution in [3.8, 4) is 5.75 Å². The average Bonchev–Trinajstić information content (AvgIpc) is 2.62. The Morgan fingerprint density at radius 2 is 2.00 bits per heavy atom. The Morgan fingerprint density at radius 3 is 2.62 bits per heavy atom. The maximum Gasteiger partial charge on any atom is 0.123 e. The van der Waals surface area contributed by atoms with Gasteiger partial charge in [0.05, 0.1) is 17.8 Å². The number of aliphatic hydroxyl groups is 1. The van der Waals surface area contributed by atoms with Crippen molar-refractivity contribution in [3.63, 3.8) is 0 Å². The van der Waals surface area contributed by atoms with Crippen molar-refractivity contribution in [1.82, 2.24) is 5.32 Å². The van der Waals surface area contributed by atoms with Crippen LogP contribution in [0.5, 0.6) is 5.75 Å². The van der Waals surface area contributed by atoms with E-state index in [-0.39, 0.29) is 17.8 Å². The Morgan fingerprint density at radius 1 is 1.29 bits per heavy atom. The molecule has 0 amide bonds. The minimum atomic E-state index is -0.176. The molecule has 0 bridgehead atoms. The highest BCUT2D eigenvalue weighted by Gasteiger charge is 2.45. The first-order valence-corrected chi connectivity index (χ1v) is 7.59. The fraction of sp³-hybridized carbons (Fsp3) is 0.647. The fourth-order valence-corrected chi connectivity index (χ4v) is 3.06. The van der Waals surface area contributed by atoms with Crippen molar-refractivity contribution in [2.75, 3.05) is 13.2 Å². The maximum absolute atomic E-state index is 8.89. The average molecular weight is 293 g/mol. The summed E-state index contributed by atoms with van der Waals surface area (Å²) in [6, 6.07) is 8.24. The van der Waals surface area contributed by atoms with Crippen molar-refractivity contribution in [3.05, 3.63) is 29.8 Å². The summed E-state index contributed by atoms with van der Waals surface area (Å²) in [5, 5.41) is 12.5. The van der Waals surface area contributed by atoms with Gasteiger partial charge in [0.2, 0.25) is 0 Å². The van der Waals surface area contributed by atoms with E-state index in [4.69, 9.17) is 14.6 Å². The third-order valence-corrected chi connectivity index (χ3v) is 3.93. The number of nitrogens with one attached hydrogen (secondary N) is 1. The van der Waals surface area contributed by atoms with Crippen molar-refractivity contribution >= 4 is 0 Å². The molecule has 1 saturated heterocycles. The third kappa shape index (κ3) is 4.19. The number of ether oxygens (including phenoxy) is 2. The van der Waals surface area contributed by atoms with E-state index in [1.165, 1.54) is 0 Å². The molecule has 2 rings (SSSR count). The number of benzene rings is 1. The largest absolute Gasteiger partial charge is 0.491 e. The molecule has 1 aromatic carbocycles. The zero-order chi connectivity index (χ0) is 15.5. The van der Waals surface area contributed by atoms with Gasteiger partial charge in [-0.25, -0.2) is 0 Å². The Labute approximate surface area is 127 Å². The predicted molar refractivity (Wildman–Crippen MR) is 83.5 cm³/mol. The lowest BCUT2D eigenvalue weighted by molar-refractivity contribution is -0.0699. The number of aliphatic hydroxyl groups excluding tert-OH is 1. The van der Waals surface area contributed by atoms with Crippen molar-refractivity contribution in [2.45, 2.75) is 57.9 Å². The highest BCUT2D eigenvalue weighted by atomic mass is 16.5. The SMILES string of the molecule is CC1(C)C[C@@H](NCc2ccccc2OCCO)C(C)(C)O1. The molecular weight excluding hydrogens is 266 g/mol. The molecule has 1 atom stereocenters. The van der Waals surface area contributed by atoms with Gasteiger partial charge in [0.25, 0.3) is 0 Å². The van der Waals surface area contributed by atoms with Crippen molar-refractivity contribution < 1.29 is 14.6 Å². The van der Waals surface area contributed by atoms with Gasteiger partial charge < -0.3 is 19.9 Å². The summed E-state index contributed by atoms with van der Waals surface area (Å²) in [5.41, 5.74) is 0.838. The van der Waals surface area contributed by atoms with Crippen LogP contribution in [0.4, 0.5) is 0 Å². The molecule has 0 aliphatic carbocycles. The normalized spacial score (nSPS) is 23.2. The quantitative estimate of drug-likeness (QED) is 0.846. The fourth-order valence-electron chi connectivity index (χ4n) is 3.06. The summed E-state index contributed by atoms with van der Waals surface area (Å²) in [7, 11) is 0. The lowest BCUT2D eigenvalue weighted by atomic mass is 9.94. The van der Waals surface area contributed by atoms with E-state index < -0.39 is 0 Å². The second kappa shape index (κ2) is 6.34. The Bertz CT molecular complexity index is 471. The first-order chi connectivity index (χ1) is 9.84. The van der Waals surface area contributed by atoms with Crippen LogP contribution < -0.4 is 10.1 Å².